The summed E-state index contributed by atoms with van der Waals surface area (Å²) in [5, 5.41) is 18.2. The van der Waals surface area contributed by atoms with Gasteiger partial charge in [-0.2, -0.15) is 10.5 Å². The van der Waals surface area contributed by atoms with E-state index in [0.717, 1.165) is 24.2 Å². The molecule has 0 aromatic heterocycles. The third kappa shape index (κ3) is 4.86. The lowest BCUT2D eigenvalue weighted by molar-refractivity contribution is 0.304. The second kappa shape index (κ2) is 8.75. The molecule has 1 atom stereocenters. The Kier molecular flexibility index (Phi) is 6.41. The quantitative estimate of drug-likeness (QED) is 0.663. The van der Waals surface area contributed by atoms with E-state index in [1.807, 2.05) is 24.3 Å². The summed E-state index contributed by atoms with van der Waals surface area (Å²) >= 11 is 0. The van der Waals surface area contributed by atoms with Gasteiger partial charge in [0.05, 0.1) is 30.2 Å². The van der Waals surface area contributed by atoms with Crippen LogP contribution in [0, 0.1) is 22.7 Å². The monoisotopic (exact) mass is 318 g/mol. The number of nitriles is 2. The fourth-order valence-electron chi connectivity index (χ4n) is 2.54. The van der Waals surface area contributed by atoms with Crippen molar-refractivity contribution < 1.29 is 4.74 Å². The second-order valence-corrected chi connectivity index (χ2v) is 6.13. The van der Waals surface area contributed by atoms with Gasteiger partial charge in [-0.3, -0.25) is 0 Å². The Hall–Kier alpha value is -2.78. The van der Waals surface area contributed by atoms with Gasteiger partial charge < -0.3 is 4.74 Å². The molecule has 3 nitrogen and oxygen atoms in total. The van der Waals surface area contributed by atoms with Gasteiger partial charge in [-0.15, -0.1) is 0 Å². The van der Waals surface area contributed by atoms with Gasteiger partial charge in [-0.25, -0.2) is 0 Å². The normalized spacial score (nSPS) is 11.5. The molecule has 2 aromatic carbocycles. The minimum Gasteiger partial charge on any atom is -0.494 e. The van der Waals surface area contributed by atoms with E-state index >= 15 is 0 Å². The van der Waals surface area contributed by atoms with Crippen LogP contribution in [0.4, 0.5) is 0 Å². The maximum absolute atomic E-state index is 9.36. The van der Waals surface area contributed by atoms with Gasteiger partial charge >= 0.3 is 0 Å². The maximum Gasteiger partial charge on any atom is 0.119 e. The number of benzene rings is 2. The lowest BCUT2D eigenvalue weighted by Gasteiger charge is -2.12. The van der Waals surface area contributed by atoms with Gasteiger partial charge in [0.15, 0.2) is 0 Å². The molecule has 0 saturated carbocycles. The van der Waals surface area contributed by atoms with E-state index in [1.54, 1.807) is 12.1 Å². The van der Waals surface area contributed by atoms with Crippen LogP contribution in [0.25, 0.3) is 0 Å². The van der Waals surface area contributed by atoms with Gasteiger partial charge in [0.25, 0.3) is 0 Å². The Labute approximate surface area is 144 Å². The molecule has 0 radical (unpaired) electrons. The Morgan fingerprint density at radius 2 is 1.75 bits per heavy atom. The number of ether oxygens (including phenoxy) is 1. The maximum atomic E-state index is 9.36. The van der Waals surface area contributed by atoms with Crippen molar-refractivity contribution >= 4 is 0 Å². The highest BCUT2D eigenvalue weighted by atomic mass is 16.5. The van der Waals surface area contributed by atoms with Crippen LogP contribution in [0.1, 0.15) is 55.2 Å². The zero-order valence-electron chi connectivity index (χ0n) is 14.2. The zero-order chi connectivity index (χ0) is 17.4. The third-order valence-electron chi connectivity index (χ3n) is 4.03. The van der Waals surface area contributed by atoms with E-state index < -0.39 is 0 Å². The molecule has 0 saturated heterocycles. The molecule has 2 aromatic rings. The molecule has 0 heterocycles. The van der Waals surface area contributed by atoms with Crippen LogP contribution in [0.2, 0.25) is 0 Å². The summed E-state index contributed by atoms with van der Waals surface area (Å²) in [5.74, 6) is 1.20. The summed E-state index contributed by atoms with van der Waals surface area (Å²) in [5.41, 5.74) is 2.84. The van der Waals surface area contributed by atoms with Gasteiger partial charge in [-0.1, -0.05) is 38.1 Å². The minimum absolute atomic E-state index is 0.164. The highest BCUT2D eigenvalue weighted by Gasteiger charge is 2.10. The van der Waals surface area contributed by atoms with E-state index in [4.69, 9.17) is 10.00 Å². The lowest BCUT2D eigenvalue weighted by Crippen LogP contribution is -2.02. The summed E-state index contributed by atoms with van der Waals surface area (Å²) in [6, 6.07) is 19.8. The Morgan fingerprint density at radius 3 is 2.38 bits per heavy atom. The summed E-state index contributed by atoms with van der Waals surface area (Å²) in [6.45, 7) is 4.92. The molecule has 3 heteroatoms. The Balaban J connectivity index is 1.85. The van der Waals surface area contributed by atoms with E-state index in [2.05, 4.69) is 38.1 Å². The van der Waals surface area contributed by atoms with Crippen molar-refractivity contribution in [3.05, 3.63) is 65.2 Å². The molecule has 122 valence electrons. The average Bonchev–Trinajstić information content (AvgIpc) is 2.62. The molecule has 0 spiro atoms. The van der Waals surface area contributed by atoms with Crippen LogP contribution in [0.15, 0.2) is 48.5 Å². The Bertz CT molecular complexity index is 736. The molecule has 0 amide bonds. The largest absolute Gasteiger partial charge is 0.494 e. The van der Waals surface area contributed by atoms with Crippen molar-refractivity contribution in [2.45, 2.75) is 38.5 Å². The van der Waals surface area contributed by atoms with Crippen molar-refractivity contribution in [1.82, 2.24) is 0 Å². The van der Waals surface area contributed by atoms with E-state index in [0.29, 0.717) is 18.1 Å². The van der Waals surface area contributed by atoms with Crippen molar-refractivity contribution in [3.8, 4) is 17.9 Å². The first-order valence-corrected chi connectivity index (χ1v) is 8.26. The summed E-state index contributed by atoms with van der Waals surface area (Å²) in [6.07, 6.45) is 1.55. The van der Waals surface area contributed by atoms with Crippen molar-refractivity contribution in [2.24, 2.45) is 0 Å². The molecule has 1 unspecified atom stereocenters. The standard InChI is InChI=1S/C21H22N2O/c1-16(2)19-5-3-7-21(13-19)24-12-4-6-20(15-23)18-10-8-17(14-22)9-11-18/h3,5,7-11,13,16,20H,4,6,12H2,1-2H3. The molecule has 0 aliphatic rings. The first-order chi connectivity index (χ1) is 11.6. The van der Waals surface area contributed by atoms with Crippen LogP contribution < -0.4 is 4.74 Å². The lowest BCUT2D eigenvalue weighted by atomic mass is 9.95. The molecule has 0 aliphatic heterocycles. The minimum atomic E-state index is -0.164. The molecule has 0 fully saturated rings. The summed E-state index contributed by atoms with van der Waals surface area (Å²) in [7, 11) is 0. The fraction of sp³-hybridized carbons (Fsp3) is 0.333. The van der Waals surface area contributed by atoms with Gasteiger partial charge in [0, 0.05) is 0 Å². The van der Waals surface area contributed by atoms with Crippen molar-refractivity contribution in [3.63, 3.8) is 0 Å². The van der Waals surface area contributed by atoms with Gasteiger partial charge in [0.2, 0.25) is 0 Å². The predicted octanol–water partition coefficient (Wildman–Crippen LogP) is 5.15. The first-order valence-electron chi connectivity index (χ1n) is 8.26. The number of nitrogens with zero attached hydrogens (tertiary/aromatic N) is 2. The van der Waals surface area contributed by atoms with E-state index in [1.165, 1.54) is 5.56 Å². The summed E-state index contributed by atoms with van der Waals surface area (Å²) in [4.78, 5) is 0. The molecular formula is C21H22N2O. The second-order valence-electron chi connectivity index (χ2n) is 6.13. The molecule has 0 aliphatic carbocycles. The SMILES string of the molecule is CC(C)c1cccc(OCCCC(C#N)c2ccc(C#N)cc2)c1. The smallest absolute Gasteiger partial charge is 0.119 e. The molecule has 24 heavy (non-hydrogen) atoms. The van der Waals surface area contributed by atoms with Crippen LogP contribution >= 0.6 is 0 Å². The number of hydrogen-bond donors (Lipinski definition) is 0. The van der Waals surface area contributed by atoms with Crippen molar-refractivity contribution in [1.29, 1.82) is 10.5 Å². The molecule has 2 rings (SSSR count). The highest BCUT2D eigenvalue weighted by Crippen LogP contribution is 2.23. The Morgan fingerprint density at radius 1 is 1.00 bits per heavy atom. The highest BCUT2D eigenvalue weighted by molar-refractivity contribution is 5.34. The van der Waals surface area contributed by atoms with E-state index in [9.17, 15) is 5.26 Å². The van der Waals surface area contributed by atoms with Crippen LogP contribution in [0.3, 0.4) is 0 Å². The van der Waals surface area contributed by atoms with Crippen molar-refractivity contribution in [2.75, 3.05) is 6.61 Å². The van der Waals surface area contributed by atoms with Crippen LogP contribution in [-0.4, -0.2) is 6.61 Å². The van der Waals surface area contributed by atoms with Gasteiger partial charge in [-0.05, 0) is 54.2 Å². The molecule has 0 bridgehead atoms. The third-order valence-corrected chi connectivity index (χ3v) is 4.03. The van der Waals surface area contributed by atoms with Gasteiger partial charge in [0.1, 0.15) is 5.75 Å². The molecular weight excluding hydrogens is 296 g/mol. The topological polar surface area (TPSA) is 56.8 Å². The molecule has 0 N–H and O–H groups in total. The summed E-state index contributed by atoms with van der Waals surface area (Å²) < 4.78 is 5.81. The van der Waals surface area contributed by atoms with Crippen LogP contribution in [0.5, 0.6) is 5.75 Å². The number of rotatable bonds is 7. The number of hydrogen-bond acceptors (Lipinski definition) is 3. The van der Waals surface area contributed by atoms with Crippen LogP contribution in [-0.2, 0) is 0 Å². The van der Waals surface area contributed by atoms with E-state index in [-0.39, 0.29) is 5.92 Å². The zero-order valence-corrected chi connectivity index (χ0v) is 14.2. The average molecular weight is 318 g/mol. The first kappa shape index (κ1) is 17.6. The predicted molar refractivity (Wildman–Crippen MR) is 94.8 cm³/mol. The fourth-order valence-corrected chi connectivity index (χ4v) is 2.54.